The number of amides is 1. The first-order valence-corrected chi connectivity index (χ1v) is 5.35. The van der Waals surface area contributed by atoms with Crippen LogP contribution in [0.2, 0.25) is 0 Å². The minimum absolute atomic E-state index is 0.233. The summed E-state index contributed by atoms with van der Waals surface area (Å²) < 4.78 is 0. The van der Waals surface area contributed by atoms with E-state index in [1.54, 1.807) is 25.1 Å². The largest absolute Gasteiger partial charge is 0.465 e. The Labute approximate surface area is 108 Å². The van der Waals surface area contributed by atoms with Crippen LogP contribution in [-0.4, -0.2) is 27.1 Å². The first-order valence-electron chi connectivity index (χ1n) is 5.35. The highest BCUT2D eigenvalue weighted by atomic mass is 16.4. The molecule has 1 heterocycles. The van der Waals surface area contributed by atoms with Gasteiger partial charge in [-0.15, -0.1) is 0 Å². The Balaban J connectivity index is 2.47. The highest BCUT2D eigenvalue weighted by molar-refractivity contribution is 5.92. The molecule has 0 fully saturated rings. The van der Waals surface area contributed by atoms with Gasteiger partial charge in [0, 0.05) is 11.1 Å². The second-order valence-corrected chi connectivity index (χ2v) is 3.83. The molecule has 1 aromatic carbocycles. The lowest BCUT2D eigenvalue weighted by atomic mass is 10.2. The molecule has 0 bridgehead atoms. The Kier molecular flexibility index (Phi) is 3.15. The minimum atomic E-state index is -1.13. The summed E-state index contributed by atoms with van der Waals surface area (Å²) >= 11 is 0. The quantitative estimate of drug-likeness (QED) is 0.408. The van der Waals surface area contributed by atoms with Crippen LogP contribution in [-0.2, 0) is 0 Å². The predicted molar refractivity (Wildman–Crippen MR) is 71.5 cm³/mol. The van der Waals surface area contributed by atoms with E-state index in [1.165, 1.54) is 0 Å². The summed E-state index contributed by atoms with van der Waals surface area (Å²) in [6.45, 7) is 1.76. The molecule has 8 heteroatoms. The van der Waals surface area contributed by atoms with Gasteiger partial charge in [0.1, 0.15) is 0 Å². The standard InChI is InChI=1S/C11H12N6O2/c1-5-7-4-6(15-11(18)19)2-3-8(7)16-10(14-5)17-9(12)13/h2-4,15H,1H3,(H,18,19)(H4,12,13,14,16,17). The van der Waals surface area contributed by atoms with Gasteiger partial charge in [0.05, 0.1) is 11.2 Å². The molecule has 0 aliphatic heterocycles. The highest BCUT2D eigenvalue weighted by Crippen LogP contribution is 2.21. The van der Waals surface area contributed by atoms with Crippen LogP contribution in [0.5, 0.6) is 0 Å². The number of anilines is 2. The van der Waals surface area contributed by atoms with Gasteiger partial charge in [0.15, 0.2) is 5.96 Å². The third-order valence-electron chi connectivity index (χ3n) is 2.38. The number of benzene rings is 1. The molecule has 0 saturated carbocycles. The number of guanidine groups is 1. The fourth-order valence-electron chi connectivity index (χ4n) is 1.66. The van der Waals surface area contributed by atoms with E-state index in [-0.39, 0.29) is 11.9 Å². The third kappa shape index (κ3) is 2.86. The summed E-state index contributed by atoms with van der Waals surface area (Å²) in [5, 5.41) is 21.3. The molecule has 0 radical (unpaired) electrons. The number of aromatic nitrogens is 2. The van der Waals surface area contributed by atoms with E-state index < -0.39 is 6.09 Å². The van der Waals surface area contributed by atoms with Gasteiger partial charge >= 0.3 is 6.09 Å². The molecular weight excluding hydrogens is 248 g/mol. The lowest BCUT2D eigenvalue weighted by Gasteiger charge is -2.08. The Hall–Kier alpha value is -2.90. The highest BCUT2D eigenvalue weighted by Gasteiger charge is 2.07. The Morgan fingerprint density at radius 3 is 2.74 bits per heavy atom. The second-order valence-electron chi connectivity index (χ2n) is 3.83. The maximum Gasteiger partial charge on any atom is 0.409 e. The van der Waals surface area contributed by atoms with Crippen molar-refractivity contribution in [2.45, 2.75) is 6.92 Å². The van der Waals surface area contributed by atoms with Gasteiger partial charge < -0.3 is 10.8 Å². The number of nitrogens with one attached hydrogen (secondary N) is 3. The maximum atomic E-state index is 10.6. The van der Waals surface area contributed by atoms with Crippen LogP contribution >= 0.6 is 0 Å². The number of rotatable bonds is 2. The topological polar surface area (TPSA) is 137 Å². The minimum Gasteiger partial charge on any atom is -0.465 e. The fraction of sp³-hybridized carbons (Fsp3) is 0.0909. The van der Waals surface area contributed by atoms with Crippen LogP contribution in [0.3, 0.4) is 0 Å². The van der Waals surface area contributed by atoms with Crippen molar-refractivity contribution in [1.29, 1.82) is 5.41 Å². The van der Waals surface area contributed by atoms with Crippen molar-refractivity contribution in [1.82, 2.24) is 9.97 Å². The number of nitrogens with zero attached hydrogens (tertiary/aromatic N) is 2. The van der Waals surface area contributed by atoms with Crippen molar-refractivity contribution in [3.05, 3.63) is 23.9 Å². The van der Waals surface area contributed by atoms with Gasteiger partial charge in [-0.2, -0.15) is 0 Å². The van der Waals surface area contributed by atoms with Crippen molar-refractivity contribution in [3.8, 4) is 0 Å². The van der Waals surface area contributed by atoms with Gasteiger partial charge in [-0.05, 0) is 25.1 Å². The van der Waals surface area contributed by atoms with E-state index in [1.807, 2.05) is 0 Å². The van der Waals surface area contributed by atoms with Gasteiger partial charge in [0.2, 0.25) is 5.95 Å². The van der Waals surface area contributed by atoms with Crippen LogP contribution in [0.15, 0.2) is 18.2 Å². The molecule has 8 nitrogen and oxygen atoms in total. The Morgan fingerprint density at radius 2 is 2.11 bits per heavy atom. The molecule has 0 unspecified atom stereocenters. The lowest BCUT2D eigenvalue weighted by Crippen LogP contribution is -2.22. The molecule has 19 heavy (non-hydrogen) atoms. The van der Waals surface area contributed by atoms with Crippen molar-refractivity contribution in [2.24, 2.45) is 5.73 Å². The second kappa shape index (κ2) is 4.77. The molecule has 2 rings (SSSR count). The molecule has 6 N–H and O–H groups in total. The normalized spacial score (nSPS) is 10.2. The molecular formula is C11H12N6O2. The van der Waals surface area contributed by atoms with Gasteiger partial charge in [0.25, 0.3) is 0 Å². The smallest absolute Gasteiger partial charge is 0.409 e. The van der Waals surface area contributed by atoms with E-state index in [2.05, 4.69) is 20.6 Å². The summed E-state index contributed by atoms with van der Waals surface area (Å²) in [7, 11) is 0. The molecule has 1 aromatic heterocycles. The van der Waals surface area contributed by atoms with Gasteiger partial charge in [-0.25, -0.2) is 14.8 Å². The number of carboxylic acid groups (broad SMARTS) is 1. The fourth-order valence-corrected chi connectivity index (χ4v) is 1.66. The molecule has 0 atom stereocenters. The predicted octanol–water partition coefficient (Wildman–Crippen LogP) is 1.33. The van der Waals surface area contributed by atoms with E-state index in [0.717, 1.165) is 5.39 Å². The van der Waals surface area contributed by atoms with Crippen molar-refractivity contribution in [2.75, 3.05) is 10.6 Å². The maximum absolute atomic E-state index is 10.6. The number of nitrogens with two attached hydrogens (primary N) is 1. The summed E-state index contributed by atoms with van der Waals surface area (Å²) in [4.78, 5) is 18.9. The summed E-state index contributed by atoms with van der Waals surface area (Å²) in [6, 6.07) is 4.91. The summed E-state index contributed by atoms with van der Waals surface area (Å²) in [5.74, 6) is -0.0145. The Morgan fingerprint density at radius 1 is 1.37 bits per heavy atom. The molecule has 0 aliphatic carbocycles. The number of fused-ring (bicyclic) bond motifs is 1. The SMILES string of the molecule is Cc1nc(NC(=N)N)nc2ccc(NC(=O)O)cc12. The average Bonchev–Trinajstić information content (AvgIpc) is 2.28. The number of hydrogen-bond donors (Lipinski definition) is 5. The molecule has 98 valence electrons. The van der Waals surface area contributed by atoms with Gasteiger partial charge in [-0.1, -0.05) is 0 Å². The molecule has 0 spiro atoms. The zero-order valence-electron chi connectivity index (χ0n) is 10.1. The van der Waals surface area contributed by atoms with Crippen molar-refractivity contribution < 1.29 is 9.90 Å². The van der Waals surface area contributed by atoms with E-state index in [9.17, 15) is 4.79 Å². The van der Waals surface area contributed by atoms with Gasteiger partial charge in [-0.3, -0.25) is 16.0 Å². The first kappa shape index (κ1) is 12.6. The first-order chi connectivity index (χ1) is 8.95. The summed E-state index contributed by atoms with van der Waals surface area (Å²) in [5.41, 5.74) is 6.94. The van der Waals surface area contributed by atoms with E-state index in [0.29, 0.717) is 16.9 Å². The number of aryl methyl sites for hydroxylation is 1. The van der Waals surface area contributed by atoms with Crippen LogP contribution in [0.4, 0.5) is 16.4 Å². The lowest BCUT2D eigenvalue weighted by molar-refractivity contribution is 0.210. The Bertz CT molecular complexity index is 670. The van der Waals surface area contributed by atoms with Crippen LogP contribution in [0, 0.1) is 12.3 Å². The average molecular weight is 260 g/mol. The number of hydrogen-bond acceptors (Lipinski definition) is 4. The van der Waals surface area contributed by atoms with Crippen molar-refractivity contribution in [3.63, 3.8) is 0 Å². The third-order valence-corrected chi connectivity index (χ3v) is 2.38. The van der Waals surface area contributed by atoms with Crippen LogP contribution in [0.1, 0.15) is 5.69 Å². The van der Waals surface area contributed by atoms with Crippen LogP contribution in [0.25, 0.3) is 10.9 Å². The van der Waals surface area contributed by atoms with E-state index >= 15 is 0 Å². The van der Waals surface area contributed by atoms with Crippen LogP contribution < -0.4 is 16.4 Å². The zero-order valence-corrected chi connectivity index (χ0v) is 10.1. The molecule has 1 amide bonds. The number of carbonyl (C=O) groups is 1. The van der Waals surface area contributed by atoms with E-state index in [4.69, 9.17) is 16.2 Å². The molecule has 0 saturated heterocycles. The monoisotopic (exact) mass is 260 g/mol. The molecule has 2 aromatic rings. The molecule has 0 aliphatic rings. The zero-order chi connectivity index (χ0) is 14.0. The van der Waals surface area contributed by atoms with Crippen molar-refractivity contribution >= 4 is 34.6 Å². The summed E-state index contributed by atoms with van der Waals surface area (Å²) in [6.07, 6.45) is -1.13.